The quantitative estimate of drug-likeness (QED) is 0.208. The van der Waals surface area contributed by atoms with E-state index in [1.807, 2.05) is 19.2 Å². The van der Waals surface area contributed by atoms with Crippen molar-refractivity contribution < 1.29 is 9.15 Å². The van der Waals surface area contributed by atoms with Crippen LogP contribution in [-0.4, -0.2) is 56.7 Å². The van der Waals surface area contributed by atoms with Crippen LogP contribution < -0.4 is 5.32 Å². The van der Waals surface area contributed by atoms with Crippen LogP contribution in [0, 0.1) is 5.92 Å². The molecule has 1 heterocycles. The van der Waals surface area contributed by atoms with Crippen LogP contribution in [0.1, 0.15) is 29.7 Å². The Hall–Kier alpha value is -1.58. The number of ether oxygens (including phenoxy) is 1. The number of likely N-dealkylation sites (N-methyl/N-ethyl adjacent to an activating group) is 1. The normalized spacial score (nSPS) is 13.9. The summed E-state index contributed by atoms with van der Waals surface area (Å²) in [4.78, 5) is 8.81. The fourth-order valence-corrected chi connectivity index (χ4v) is 3.30. The topological polar surface area (TPSA) is 53.2 Å². The zero-order chi connectivity index (χ0) is 20.5. The molecule has 1 aliphatic carbocycles. The van der Waals surface area contributed by atoms with E-state index >= 15 is 0 Å². The van der Waals surface area contributed by atoms with E-state index in [9.17, 15) is 0 Å². The van der Waals surface area contributed by atoms with Gasteiger partial charge in [-0.3, -0.25) is 9.89 Å². The minimum Gasteiger partial charge on any atom is -0.468 e. The van der Waals surface area contributed by atoms with Gasteiger partial charge in [0.05, 0.1) is 19.4 Å². The SMILES string of the molecule is CN=C(NCc1ccccc1CN(C)Cc1ccco1)N(C)CCOCC1CC1.I. The molecule has 1 aromatic heterocycles. The molecule has 30 heavy (non-hydrogen) atoms. The smallest absolute Gasteiger partial charge is 0.193 e. The van der Waals surface area contributed by atoms with Crippen molar-refractivity contribution in [1.29, 1.82) is 0 Å². The first-order valence-electron chi connectivity index (χ1n) is 10.4. The summed E-state index contributed by atoms with van der Waals surface area (Å²) in [5.74, 6) is 2.67. The lowest BCUT2D eigenvalue weighted by Gasteiger charge is -2.23. The van der Waals surface area contributed by atoms with Gasteiger partial charge >= 0.3 is 0 Å². The second kappa shape index (κ2) is 13.0. The first kappa shape index (κ1) is 24.7. The van der Waals surface area contributed by atoms with Gasteiger partial charge in [0.2, 0.25) is 0 Å². The van der Waals surface area contributed by atoms with Gasteiger partial charge in [-0.2, -0.15) is 0 Å². The monoisotopic (exact) mass is 526 g/mol. The van der Waals surface area contributed by atoms with Crippen LogP contribution in [0.25, 0.3) is 0 Å². The van der Waals surface area contributed by atoms with Crippen molar-refractivity contribution in [3.8, 4) is 0 Å². The van der Waals surface area contributed by atoms with E-state index in [1.165, 1.54) is 24.0 Å². The second-order valence-corrected chi connectivity index (χ2v) is 7.86. The molecule has 1 fully saturated rings. The van der Waals surface area contributed by atoms with Crippen LogP contribution in [0.15, 0.2) is 52.1 Å². The lowest BCUT2D eigenvalue weighted by atomic mass is 10.1. The summed E-state index contributed by atoms with van der Waals surface area (Å²) in [5.41, 5.74) is 2.58. The highest BCUT2D eigenvalue weighted by molar-refractivity contribution is 14.0. The number of hydrogen-bond acceptors (Lipinski definition) is 4. The Kier molecular flexibility index (Phi) is 10.7. The maximum Gasteiger partial charge on any atom is 0.193 e. The molecule has 0 aliphatic heterocycles. The zero-order valence-corrected chi connectivity index (χ0v) is 20.7. The van der Waals surface area contributed by atoms with E-state index < -0.39 is 0 Å². The summed E-state index contributed by atoms with van der Waals surface area (Å²) in [5, 5.41) is 3.49. The Balaban J connectivity index is 0.00000320. The molecule has 0 saturated heterocycles. The number of guanidine groups is 1. The molecule has 0 unspecified atom stereocenters. The molecule has 166 valence electrons. The number of nitrogens with one attached hydrogen (secondary N) is 1. The van der Waals surface area contributed by atoms with Gasteiger partial charge in [0.15, 0.2) is 5.96 Å². The summed E-state index contributed by atoms with van der Waals surface area (Å²) >= 11 is 0. The van der Waals surface area contributed by atoms with Gasteiger partial charge in [-0.15, -0.1) is 24.0 Å². The van der Waals surface area contributed by atoms with Crippen LogP contribution in [-0.2, 0) is 24.4 Å². The average Bonchev–Trinajstić information content (AvgIpc) is 3.41. The highest BCUT2D eigenvalue weighted by Crippen LogP contribution is 2.28. The predicted octanol–water partition coefficient (Wildman–Crippen LogP) is 3.96. The summed E-state index contributed by atoms with van der Waals surface area (Å²) in [7, 11) is 5.99. The molecule has 1 aliphatic rings. The number of halogens is 1. The Morgan fingerprint density at radius 2 is 1.90 bits per heavy atom. The van der Waals surface area contributed by atoms with Crippen LogP contribution in [0.4, 0.5) is 0 Å². The number of benzene rings is 1. The molecule has 1 aromatic carbocycles. The van der Waals surface area contributed by atoms with Crippen molar-refractivity contribution in [2.75, 3.05) is 40.9 Å². The zero-order valence-electron chi connectivity index (χ0n) is 18.3. The number of furan rings is 1. The number of hydrogen-bond donors (Lipinski definition) is 1. The van der Waals surface area contributed by atoms with Gasteiger partial charge in [-0.1, -0.05) is 24.3 Å². The molecule has 0 bridgehead atoms. The lowest BCUT2D eigenvalue weighted by molar-refractivity contribution is 0.115. The molecule has 7 heteroatoms. The molecular formula is C23H35IN4O2. The molecule has 2 aromatic rings. The van der Waals surface area contributed by atoms with Crippen molar-refractivity contribution in [2.24, 2.45) is 10.9 Å². The maximum absolute atomic E-state index is 5.75. The first-order valence-corrected chi connectivity index (χ1v) is 10.4. The number of aliphatic imine (C=N–C) groups is 1. The number of nitrogens with zero attached hydrogens (tertiary/aromatic N) is 3. The standard InChI is InChI=1S/C23H34N4O2.HI/c1-24-23(27(3)12-14-28-18-19-10-11-19)25-15-20-7-4-5-8-21(20)16-26(2)17-22-9-6-13-29-22;/h4-9,13,19H,10-12,14-18H2,1-3H3,(H,24,25);1H. The van der Waals surface area contributed by atoms with Gasteiger partial charge < -0.3 is 19.4 Å². The second-order valence-electron chi connectivity index (χ2n) is 7.86. The highest BCUT2D eigenvalue weighted by atomic mass is 127. The number of rotatable bonds is 11. The Morgan fingerprint density at radius 1 is 1.13 bits per heavy atom. The Bertz CT molecular complexity index is 762. The van der Waals surface area contributed by atoms with Gasteiger partial charge in [0.25, 0.3) is 0 Å². The van der Waals surface area contributed by atoms with Crippen molar-refractivity contribution in [2.45, 2.75) is 32.5 Å². The molecular weight excluding hydrogens is 491 g/mol. The molecule has 0 amide bonds. The molecule has 0 radical (unpaired) electrons. The van der Waals surface area contributed by atoms with E-state index in [2.05, 4.69) is 58.5 Å². The van der Waals surface area contributed by atoms with Crippen molar-refractivity contribution in [1.82, 2.24) is 15.1 Å². The first-order chi connectivity index (χ1) is 14.2. The van der Waals surface area contributed by atoms with Crippen molar-refractivity contribution in [3.05, 3.63) is 59.5 Å². The lowest BCUT2D eigenvalue weighted by Crippen LogP contribution is -2.40. The van der Waals surface area contributed by atoms with E-state index in [0.29, 0.717) is 0 Å². The third-order valence-electron chi connectivity index (χ3n) is 5.20. The van der Waals surface area contributed by atoms with Gasteiger partial charge in [0.1, 0.15) is 5.76 Å². The van der Waals surface area contributed by atoms with Gasteiger partial charge in [0, 0.05) is 40.3 Å². The fourth-order valence-electron chi connectivity index (χ4n) is 3.30. The van der Waals surface area contributed by atoms with E-state index in [1.54, 1.807) is 6.26 Å². The van der Waals surface area contributed by atoms with Crippen LogP contribution >= 0.6 is 24.0 Å². The largest absolute Gasteiger partial charge is 0.468 e. The predicted molar refractivity (Wildman–Crippen MR) is 132 cm³/mol. The minimum absolute atomic E-state index is 0. The van der Waals surface area contributed by atoms with E-state index in [0.717, 1.165) is 57.0 Å². The summed E-state index contributed by atoms with van der Waals surface area (Å²) in [6.45, 7) is 4.87. The molecule has 6 nitrogen and oxygen atoms in total. The summed E-state index contributed by atoms with van der Waals surface area (Å²) in [6, 6.07) is 12.5. The van der Waals surface area contributed by atoms with Crippen molar-refractivity contribution in [3.63, 3.8) is 0 Å². The third-order valence-corrected chi connectivity index (χ3v) is 5.20. The Labute approximate surface area is 197 Å². The summed E-state index contributed by atoms with van der Waals surface area (Å²) in [6.07, 6.45) is 4.38. The molecule has 1 saturated carbocycles. The van der Waals surface area contributed by atoms with Crippen LogP contribution in [0.5, 0.6) is 0 Å². The minimum atomic E-state index is 0. The van der Waals surface area contributed by atoms with Crippen molar-refractivity contribution >= 4 is 29.9 Å². The molecule has 1 N–H and O–H groups in total. The summed E-state index contributed by atoms with van der Waals surface area (Å²) < 4.78 is 11.2. The fraction of sp³-hybridized carbons (Fsp3) is 0.522. The Morgan fingerprint density at radius 3 is 2.57 bits per heavy atom. The molecule has 0 atom stereocenters. The van der Waals surface area contributed by atoms with Crippen LogP contribution in [0.3, 0.4) is 0 Å². The maximum atomic E-state index is 5.75. The van der Waals surface area contributed by atoms with E-state index in [4.69, 9.17) is 9.15 Å². The van der Waals surface area contributed by atoms with E-state index in [-0.39, 0.29) is 24.0 Å². The van der Waals surface area contributed by atoms with Gasteiger partial charge in [-0.05, 0) is 49.1 Å². The third kappa shape index (κ3) is 8.28. The van der Waals surface area contributed by atoms with Crippen LogP contribution in [0.2, 0.25) is 0 Å². The molecule has 3 rings (SSSR count). The molecule has 0 spiro atoms. The average molecular weight is 526 g/mol. The van der Waals surface area contributed by atoms with Gasteiger partial charge in [-0.25, -0.2) is 0 Å². The highest BCUT2D eigenvalue weighted by Gasteiger charge is 2.21.